The molecular formula is C21H26N6O2. The smallest absolute Gasteiger partial charge is 0.229 e. The fraction of sp³-hybridized carbons (Fsp3) is 0.429. The molecule has 3 aromatic rings. The zero-order valence-corrected chi connectivity index (χ0v) is 17.0. The lowest BCUT2D eigenvalue weighted by Gasteiger charge is -2.32. The normalized spacial score (nSPS) is 17.0. The third-order valence-corrected chi connectivity index (χ3v) is 5.24. The first-order valence-corrected chi connectivity index (χ1v) is 9.97. The number of fused-ring (bicyclic) bond motifs is 1. The fourth-order valence-corrected chi connectivity index (χ4v) is 3.67. The summed E-state index contributed by atoms with van der Waals surface area (Å²) in [5.74, 6) is 2.56. The number of ether oxygens (including phenoxy) is 1. The van der Waals surface area contributed by atoms with Gasteiger partial charge in [0.25, 0.3) is 0 Å². The predicted molar refractivity (Wildman–Crippen MR) is 111 cm³/mol. The summed E-state index contributed by atoms with van der Waals surface area (Å²) in [6.07, 6.45) is 1.80. The Morgan fingerprint density at radius 2 is 2.10 bits per heavy atom. The van der Waals surface area contributed by atoms with Gasteiger partial charge in [0.2, 0.25) is 5.91 Å². The van der Waals surface area contributed by atoms with Crippen LogP contribution < -0.4 is 15.0 Å². The van der Waals surface area contributed by atoms with Gasteiger partial charge in [-0.1, -0.05) is 19.9 Å². The van der Waals surface area contributed by atoms with Crippen molar-refractivity contribution in [2.75, 3.05) is 30.4 Å². The van der Waals surface area contributed by atoms with Crippen LogP contribution in [0.5, 0.6) is 5.75 Å². The second kappa shape index (κ2) is 8.06. The molecule has 1 N–H and O–H groups in total. The monoisotopic (exact) mass is 394 g/mol. The maximum Gasteiger partial charge on any atom is 0.229 e. The Balaban J connectivity index is 1.49. The molecule has 0 bridgehead atoms. The van der Waals surface area contributed by atoms with Gasteiger partial charge in [-0.25, -0.2) is 0 Å². The van der Waals surface area contributed by atoms with Crippen molar-refractivity contribution >= 4 is 23.1 Å². The van der Waals surface area contributed by atoms with Crippen LogP contribution in [0, 0.1) is 5.92 Å². The van der Waals surface area contributed by atoms with Crippen molar-refractivity contribution in [1.29, 1.82) is 0 Å². The molecule has 8 heteroatoms. The summed E-state index contributed by atoms with van der Waals surface area (Å²) in [7, 11) is 1.62. The summed E-state index contributed by atoms with van der Waals surface area (Å²) in [4.78, 5) is 15.0. The number of carbonyl (C=O) groups is 1. The van der Waals surface area contributed by atoms with Crippen molar-refractivity contribution in [3.8, 4) is 5.75 Å². The number of nitrogens with one attached hydrogen (secondary N) is 1. The fourth-order valence-electron chi connectivity index (χ4n) is 3.67. The van der Waals surface area contributed by atoms with E-state index in [-0.39, 0.29) is 17.7 Å². The summed E-state index contributed by atoms with van der Waals surface area (Å²) in [6, 6.07) is 11.3. The highest BCUT2D eigenvalue weighted by Gasteiger charge is 2.27. The molecule has 2 aromatic heterocycles. The first kappa shape index (κ1) is 19.2. The molecule has 0 unspecified atom stereocenters. The Morgan fingerprint density at radius 1 is 1.24 bits per heavy atom. The number of amides is 1. The third kappa shape index (κ3) is 4.01. The van der Waals surface area contributed by atoms with E-state index < -0.39 is 0 Å². The van der Waals surface area contributed by atoms with E-state index in [0.717, 1.165) is 48.1 Å². The third-order valence-electron chi connectivity index (χ3n) is 5.24. The molecule has 1 amide bonds. The second-order valence-electron chi connectivity index (χ2n) is 7.68. The lowest BCUT2D eigenvalue weighted by molar-refractivity contribution is -0.120. The predicted octanol–water partition coefficient (Wildman–Crippen LogP) is 3.11. The number of anilines is 2. The minimum atomic E-state index is -0.0991. The number of methoxy groups -OCH3 is 1. The molecule has 1 saturated heterocycles. The van der Waals surface area contributed by atoms with Crippen LogP contribution in [-0.4, -0.2) is 45.9 Å². The van der Waals surface area contributed by atoms with Gasteiger partial charge in [-0.3, -0.25) is 4.79 Å². The van der Waals surface area contributed by atoms with Crippen molar-refractivity contribution < 1.29 is 9.53 Å². The highest BCUT2D eigenvalue weighted by Crippen LogP contribution is 2.25. The first-order valence-electron chi connectivity index (χ1n) is 9.97. The molecule has 152 valence electrons. The van der Waals surface area contributed by atoms with E-state index in [0.29, 0.717) is 6.54 Å². The standard InChI is InChI=1S/C21H26N6O2/c1-14(2)20-24-23-18-9-10-19(25-27(18)20)26-11-5-6-15(13-26)21(28)22-16-7-4-8-17(12-16)29-3/h4,7-10,12,14-15H,5-6,11,13H2,1-3H3,(H,22,28)/t15-/m1/s1. The molecule has 0 aliphatic carbocycles. The van der Waals surface area contributed by atoms with Crippen molar-refractivity contribution in [2.45, 2.75) is 32.6 Å². The van der Waals surface area contributed by atoms with Crippen LogP contribution in [0.3, 0.4) is 0 Å². The molecule has 0 saturated carbocycles. The molecule has 1 aliphatic heterocycles. The summed E-state index contributed by atoms with van der Waals surface area (Å²) < 4.78 is 7.04. The minimum absolute atomic E-state index is 0.0243. The van der Waals surface area contributed by atoms with Crippen LogP contribution >= 0.6 is 0 Å². The quantitative estimate of drug-likeness (QED) is 0.716. The number of carbonyl (C=O) groups excluding carboxylic acids is 1. The number of benzene rings is 1. The van der Waals surface area contributed by atoms with Gasteiger partial charge >= 0.3 is 0 Å². The van der Waals surface area contributed by atoms with E-state index in [9.17, 15) is 4.79 Å². The van der Waals surface area contributed by atoms with Crippen molar-refractivity contribution in [1.82, 2.24) is 19.8 Å². The molecule has 8 nitrogen and oxygen atoms in total. The number of piperidine rings is 1. The molecule has 1 aromatic carbocycles. The van der Waals surface area contributed by atoms with Gasteiger partial charge in [0.1, 0.15) is 11.6 Å². The molecule has 1 atom stereocenters. The van der Waals surface area contributed by atoms with E-state index in [1.807, 2.05) is 36.4 Å². The number of aromatic nitrogens is 4. The molecule has 1 fully saturated rings. The first-order chi connectivity index (χ1) is 14.0. The van der Waals surface area contributed by atoms with E-state index in [4.69, 9.17) is 9.84 Å². The molecule has 0 radical (unpaired) electrons. The summed E-state index contributed by atoms with van der Waals surface area (Å²) in [5, 5.41) is 16.2. The summed E-state index contributed by atoms with van der Waals surface area (Å²) in [6.45, 7) is 5.66. The minimum Gasteiger partial charge on any atom is -0.497 e. The summed E-state index contributed by atoms with van der Waals surface area (Å²) in [5.41, 5.74) is 1.49. The molecule has 4 rings (SSSR count). The number of nitrogens with zero attached hydrogens (tertiary/aromatic N) is 5. The average molecular weight is 394 g/mol. The van der Waals surface area contributed by atoms with Crippen LogP contribution in [-0.2, 0) is 4.79 Å². The Kier molecular flexibility index (Phi) is 5.33. The number of hydrogen-bond donors (Lipinski definition) is 1. The van der Waals surface area contributed by atoms with Gasteiger partial charge < -0.3 is 15.0 Å². The Labute approximate surface area is 169 Å². The van der Waals surface area contributed by atoms with E-state index >= 15 is 0 Å². The maximum absolute atomic E-state index is 12.8. The van der Waals surface area contributed by atoms with Crippen LogP contribution in [0.25, 0.3) is 5.65 Å². The van der Waals surface area contributed by atoms with Gasteiger partial charge in [0.05, 0.1) is 13.0 Å². The largest absolute Gasteiger partial charge is 0.497 e. The SMILES string of the molecule is COc1cccc(NC(=O)[C@@H]2CCCN(c3ccc4nnc(C(C)C)n4n3)C2)c1. The highest BCUT2D eigenvalue weighted by molar-refractivity contribution is 5.93. The number of rotatable bonds is 5. The highest BCUT2D eigenvalue weighted by atomic mass is 16.5. The topological polar surface area (TPSA) is 84.6 Å². The second-order valence-corrected chi connectivity index (χ2v) is 7.68. The molecule has 0 spiro atoms. The molecule has 3 heterocycles. The van der Waals surface area contributed by atoms with Crippen LogP contribution in [0.2, 0.25) is 0 Å². The Bertz CT molecular complexity index is 1020. The van der Waals surface area contributed by atoms with E-state index in [2.05, 4.69) is 34.3 Å². The van der Waals surface area contributed by atoms with Gasteiger partial charge in [0, 0.05) is 30.8 Å². The maximum atomic E-state index is 12.8. The van der Waals surface area contributed by atoms with E-state index in [1.54, 1.807) is 11.6 Å². The summed E-state index contributed by atoms with van der Waals surface area (Å²) >= 11 is 0. The lowest BCUT2D eigenvalue weighted by Crippen LogP contribution is -2.41. The lowest BCUT2D eigenvalue weighted by atomic mass is 9.97. The van der Waals surface area contributed by atoms with Crippen molar-refractivity contribution in [2.24, 2.45) is 5.92 Å². The van der Waals surface area contributed by atoms with Crippen LogP contribution in [0.1, 0.15) is 38.4 Å². The number of hydrogen-bond acceptors (Lipinski definition) is 6. The van der Waals surface area contributed by atoms with Gasteiger partial charge in [-0.2, -0.15) is 4.52 Å². The molecule has 29 heavy (non-hydrogen) atoms. The molecular weight excluding hydrogens is 368 g/mol. The Hall–Kier alpha value is -3.16. The zero-order valence-electron chi connectivity index (χ0n) is 17.0. The average Bonchev–Trinajstić information content (AvgIpc) is 3.17. The van der Waals surface area contributed by atoms with Gasteiger partial charge in [0.15, 0.2) is 11.5 Å². The van der Waals surface area contributed by atoms with Gasteiger partial charge in [-0.15, -0.1) is 15.3 Å². The van der Waals surface area contributed by atoms with Crippen molar-refractivity contribution in [3.63, 3.8) is 0 Å². The van der Waals surface area contributed by atoms with E-state index in [1.165, 1.54) is 0 Å². The van der Waals surface area contributed by atoms with Crippen LogP contribution in [0.15, 0.2) is 36.4 Å². The van der Waals surface area contributed by atoms with Crippen molar-refractivity contribution in [3.05, 3.63) is 42.2 Å². The Morgan fingerprint density at radius 3 is 2.90 bits per heavy atom. The zero-order chi connectivity index (χ0) is 20.4. The van der Waals surface area contributed by atoms with Gasteiger partial charge in [-0.05, 0) is 37.1 Å². The van der Waals surface area contributed by atoms with Crippen LogP contribution in [0.4, 0.5) is 11.5 Å². The molecule has 1 aliphatic rings.